The van der Waals surface area contributed by atoms with Crippen LogP contribution in [-0.4, -0.2) is 22.4 Å². The summed E-state index contributed by atoms with van der Waals surface area (Å²) in [5.41, 5.74) is 1.66. The van der Waals surface area contributed by atoms with Crippen LogP contribution >= 0.6 is 0 Å². The normalized spacial score (nSPS) is 10.6. The van der Waals surface area contributed by atoms with E-state index in [2.05, 4.69) is 5.32 Å². The van der Waals surface area contributed by atoms with Gasteiger partial charge in [-0.3, -0.25) is 10.1 Å². The third-order valence-electron chi connectivity index (χ3n) is 4.33. The van der Waals surface area contributed by atoms with E-state index in [-0.39, 0.29) is 11.7 Å². The third-order valence-corrected chi connectivity index (χ3v) is 4.33. The number of amides is 2. The molecule has 138 valence electrons. The van der Waals surface area contributed by atoms with Crippen molar-refractivity contribution in [2.45, 2.75) is 19.9 Å². The molecule has 0 fully saturated rings. The van der Waals surface area contributed by atoms with E-state index >= 15 is 0 Å². The smallest absolute Gasteiger partial charge is 0.320 e. The molecule has 0 unspecified atom stereocenters. The summed E-state index contributed by atoms with van der Waals surface area (Å²) >= 11 is 0. The predicted octanol–water partition coefficient (Wildman–Crippen LogP) is 5.19. The van der Waals surface area contributed by atoms with Crippen molar-refractivity contribution in [3.63, 3.8) is 0 Å². The fourth-order valence-corrected chi connectivity index (χ4v) is 2.99. The van der Waals surface area contributed by atoms with Crippen LogP contribution < -0.4 is 5.32 Å². The van der Waals surface area contributed by atoms with Gasteiger partial charge in [0.1, 0.15) is 0 Å². The Bertz CT molecular complexity index is 949. The number of rotatable bonds is 6. The number of nitro benzene ring substituents is 1. The van der Waals surface area contributed by atoms with Crippen molar-refractivity contribution in [3.8, 4) is 0 Å². The fraction of sp³-hybridized carbons (Fsp3) is 0.190. The van der Waals surface area contributed by atoms with Crippen molar-refractivity contribution < 1.29 is 9.72 Å². The number of hydrogen-bond acceptors (Lipinski definition) is 3. The van der Waals surface area contributed by atoms with Gasteiger partial charge in [-0.05, 0) is 23.4 Å². The molecular weight excluding hydrogens is 342 g/mol. The van der Waals surface area contributed by atoms with Crippen molar-refractivity contribution in [1.82, 2.24) is 4.90 Å². The first-order valence-electron chi connectivity index (χ1n) is 8.85. The fourth-order valence-electron chi connectivity index (χ4n) is 2.99. The van der Waals surface area contributed by atoms with Gasteiger partial charge in [0.2, 0.25) is 0 Å². The van der Waals surface area contributed by atoms with Crippen molar-refractivity contribution in [2.75, 3.05) is 11.9 Å². The Morgan fingerprint density at radius 3 is 2.44 bits per heavy atom. The molecule has 0 spiro atoms. The average Bonchev–Trinajstić information content (AvgIpc) is 2.68. The average molecular weight is 363 g/mol. The zero-order valence-corrected chi connectivity index (χ0v) is 15.1. The van der Waals surface area contributed by atoms with E-state index in [1.54, 1.807) is 17.0 Å². The molecule has 2 amide bonds. The number of anilines is 1. The van der Waals surface area contributed by atoms with Gasteiger partial charge in [-0.1, -0.05) is 55.5 Å². The van der Waals surface area contributed by atoms with Crippen LogP contribution in [-0.2, 0) is 6.54 Å². The molecule has 0 bridgehead atoms. The number of carbonyl (C=O) groups excluding carboxylic acids is 1. The summed E-state index contributed by atoms with van der Waals surface area (Å²) in [6.45, 7) is 2.99. The summed E-state index contributed by atoms with van der Waals surface area (Å²) < 4.78 is 0. The zero-order chi connectivity index (χ0) is 19.2. The van der Waals surface area contributed by atoms with Gasteiger partial charge >= 0.3 is 6.03 Å². The molecule has 3 rings (SSSR count). The number of urea groups is 1. The molecule has 0 saturated heterocycles. The van der Waals surface area contributed by atoms with E-state index in [1.165, 1.54) is 12.1 Å². The third kappa shape index (κ3) is 4.41. The lowest BCUT2D eigenvalue weighted by molar-refractivity contribution is -0.384. The van der Waals surface area contributed by atoms with E-state index < -0.39 is 4.92 Å². The number of benzene rings is 3. The van der Waals surface area contributed by atoms with Crippen LogP contribution in [0.5, 0.6) is 0 Å². The number of nitrogens with one attached hydrogen (secondary N) is 1. The Morgan fingerprint density at radius 1 is 1.04 bits per heavy atom. The number of carbonyl (C=O) groups is 1. The molecular formula is C21H21N3O3. The largest absolute Gasteiger partial charge is 0.322 e. The molecule has 0 aliphatic rings. The Kier molecular flexibility index (Phi) is 5.66. The van der Waals surface area contributed by atoms with Crippen molar-refractivity contribution in [3.05, 3.63) is 82.4 Å². The Labute approximate surface area is 157 Å². The minimum absolute atomic E-state index is 0.0426. The van der Waals surface area contributed by atoms with Gasteiger partial charge in [0, 0.05) is 30.6 Å². The molecule has 27 heavy (non-hydrogen) atoms. The van der Waals surface area contributed by atoms with E-state index in [0.717, 1.165) is 28.4 Å². The highest BCUT2D eigenvalue weighted by Crippen LogP contribution is 2.23. The molecule has 6 heteroatoms. The minimum Gasteiger partial charge on any atom is -0.320 e. The first kappa shape index (κ1) is 18.4. The second kappa shape index (κ2) is 8.31. The Morgan fingerprint density at radius 2 is 1.74 bits per heavy atom. The summed E-state index contributed by atoms with van der Waals surface area (Å²) in [5, 5.41) is 15.8. The number of nitrogens with zero attached hydrogens (tertiary/aromatic N) is 2. The quantitative estimate of drug-likeness (QED) is 0.483. The maximum absolute atomic E-state index is 12.8. The molecule has 6 nitrogen and oxygen atoms in total. The molecule has 0 aromatic heterocycles. The van der Waals surface area contributed by atoms with Gasteiger partial charge in [-0.25, -0.2) is 4.79 Å². The van der Waals surface area contributed by atoms with E-state index in [0.29, 0.717) is 13.1 Å². The summed E-state index contributed by atoms with van der Waals surface area (Å²) in [6, 6.07) is 19.8. The van der Waals surface area contributed by atoms with Crippen LogP contribution in [0.1, 0.15) is 18.9 Å². The summed E-state index contributed by atoms with van der Waals surface area (Å²) in [4.78, 5) is 24.9. The molecule has 0 atom stereocenters. The van der Waals surface area contributed by atoms with Gasteiger partial charge in [0.05, 0.1) is 10.6 Å². The first-order valence-corrected chi connectivity index (χ1v) is 8.85. The predicted molar refractivity (Wildman–Crippen MR) is 107 cm³/mol. The van der Waals surface area contributed by atoms with Crippen molar-refractivity contribution in [1.29, 1.82) is 0 Å². The standard InChI is InChI=1S/C21H21N3O3/c1-2-14-23(15-16-10-12-18(13-11-16)24(26)27)21(25)22-20-9-5-7-17-6-3-4-8-19(17)20/h3-13H,2,14-15H2,1H3,(H,22,25). The number of fused-ring (bicyclic) bond motifs is 1. The second-order valence-electron chi connectivity index (χ2n) is 6.30. The molecule has 3 aromatic carbocycles. The lowest BCUT2D eigenvalue weighted by atomic mass is 10.1. The summed E-state index contributed by atoms with van der Waals surface area (Å²) in [5.74, 6) is 0. The monoisotopic (exact) mass is 363 g/mol. The van der Waals surface area contributed by atoms with E-state index in [1.807, 2.05) is 49.4 Å². The summed E-state index contributed by atoms with van der Waals surface area (Å²) in [7, 11) is 0. The first-order chi connectivity index (χ1) is 13.1. The molecule has 0 aliphatic heterocycles. The van der Waals surface area contributed by atoms with Gasteiger partial charge in [0.15, 0.2) is 0 Å². The maximum Gasteiger partial charge on any atom is 0.322 e. The van der Waals surface area contributed by atoms with Crippen molar-refractivity contribution in [2.24, 2.45) is 0 Å². The van der Waals surface area contributed by atoms with E-state index in [4.69, 9.17) is 0 Å². The number of hydrogen-bond donors (Lipinski definition) is 1. The summed E-state index contributed by atoms with van der Waals surface area (Å²) in [6.07, 6.45) is 0.815. The van der Waals surface area contributed by atoms with Crippen molar-refractivity contribution >= 4 is 28.2 Å². The van der Waals surface area contributed by atoms with Crippen LogP contribution in [0, 0.1) is 10.1 Å². The molecule has 0 aliphatic carbocycles. The lowest BCUT2D eigenvalue weighted by Gasteiger charge is -2.23. The van der Waals surface area contributed by atoms with Gasteiger partial charge in [-0.2, -0.15) is 0 Å². The van der Waals surface area contributed by atoms with Crippen LogP contribution in [0.4, 0.5) is 16.2 Å². The minimum atomic E-state index is -0.430. The second-order valence-corrected chi connectivity index (χ2v) is 6.30. The Hall–Kier alpha value is -3.41. The molecule has 3 aromatic rings. The maximum atomic E-state index is 12.8. The van der Waals surface area contributed by atoms with E-state index in [9.17, 15) is 14.9 Å². The molecule has 0 radical (unpaired) electrons. The van der Waals surface area contributed by atoms with Crippen LogP contribution in [0.3, 0.4) is 0 Å². The lowest BCUT2D eigenvalue weighted by Crippen LogP contribution is -2.35. The van der Waals surface area contributed by atoms with Gasteiger partial charge < -0.3 is 10.2 Å². The highest BCUT2D eigenvalue weighted by molar-refractivity contribution is 6.01. The molecule has 0 saturated carbocycles. The SMILES string of the molecule is CCCN(Cc1ccc([N+](=O)[O-])cc1)C(=O)Nc1cccc2ccccc12. The van der Waals surface area contributed by atoms with Crippen LogP contribution in [0.15, 0.2) is 66.7 Å². The number of nitro groups is 1. The van der Waals surface area contributed by atoms with Gasteiger partial charge in [-0.15, -0.1) is 0 Å². The van der Waals surface area contributed by atoms with Gasteiger partial charge in [0.25, 0.3) is 5.69 Å². The highest BCUT2D eigenvalue weighted by Gasteiger charge is 2.15. The van der Waals surface area contributed by atoms with Crippen LogP contribution in [0.25, 0.3) is 10.8 Å². The highest BCUT2D eigenvalue weighted by atomic mass is 16.6. The molecule has 1 N–H and O–H groups in total. The zero-order valence-electron chi connectivity index (χ0n) is 15.1. The Balaban J connectivity index is 1.77. The number of non-ortho nitro benzene ring substituents is 1. The van der Waals surface area contributed by atoms with Crippen LogP contribution in [0.2, 0.25) is 0 Å². The topological polar surface area (TPSA) is 75.5 Å². The molecule has 0 heterocycles.